The van der Waals surface area contributed by atoms with Crippen LogP contribution in [0.2, 0.25) is 0 Å². The number of rotatable bonds is 7. The number of benzene rings is 1. The predicted molar refractivity (Wildman–Crippen MR) is 84.8 cm³/mol. The summed E-state index contributed by atoms with van der Waals surface area (Å²) in [5.41, 5.74) is 0. The Morgan fingerprint density at radius 3 is 2.68 bits per heavy atom. The lowest BCUT2D eigenvalue weighted by Crippen LogP contribution is -2.42. The minimum absolute atomic E-state index is 0.0470. The monoisotopic (exact) mass is 326 g/mol. The summed E-state index contributed by atoms with van der Waals surface area (Å²) in [6.45, 7) is 1.15. The highest BCUT2D eigenvalue weighted by atomic mass is 32.2. The molecule has 0 bridgehead atoms. The molecule has 1 heterocycles. The average molecular weight is 326 g/mol. The van der Waals surface area contributed by atoms with Gasteiger partial charge < -0.3 is 15.4 Å². The number of para-hydroxylation sites is 1. The molecule has 1 saturated heterocycles. The second kappa shape index (κ2) is 8.03. The lowest BCUT2D eigenvalue weighted by Gasteiger charge is -2.12. The molecule has 6 nitrogen and oxygen atoms in total. The molecule has 1 fully saturated rings. The van der Waals surface area contributed by atoms with E-state index >= 15 is 0 Å². The quantitative estimate of drug-likeness (QED) is 0.740. The summed E-state index contributed by atoms with van der Waals surface area (Å²) < 4.78 is 28.1. The molecule has 1 aliphatic rings. The molecule has 7 heteroatoms. The number of sulfone groups is 1. The third-order valence-corrected chi connectivity index (χ3v) is 5.20. The number of hydrogen-bond acceptors (Lipinski definition) is 4. The van der Waals surface area contributed by atoms with Crippen molar-refractivity contribution in [3.63, 3.8) is 0 Å². The Morgan fingerprint density at radius 2 is 2.00 bits per heavy atom. The Balaban J connectivity index is 1.51. The first-order chi connectivity index (χ1) is 10.6. The van der Waals surface area contributed by atoms with E-state index in [9.17, 15) is 13.2 Å². The summed E-state index contributed by atoms with van der Waals surface area (Å²) in [5, 5.41) is 5.43. The van der Waals surface area contributed by atoms with Crippen LogP contribution in [0.5, 0.6) is 5.75 Å². The van der Waals surface area contributed by atoms with Crippen molar-refractivity contribution in [2.75, 3.05) is 24.7 Å². The zero-order valence-electron chi connectivity index (χ0n) is 12.5. The molecule has 2 amide bonds. The summed E-state index contributed by atoms with van der Waals surface area (Å²) >= 11 is 0. The van der Waals surface area contributed by atoms with Crippen molar-refractivity contribution in [1.29, 1.82) is 0 Å². The van der Waals surface area contributed by atoms with E-state index in [1.165, 1.54) is 0 Å². The van der Waals surface area contributed by atoms with Crippen molar-refractivity contribution in [1.82, 2.24) is 10.6 Å². The zero-order valence-corrected chi connectivity index (χ0v) is 13.3. The molecule has 0 radical (unpaired) electrons. The maximum atomic E-state index is 11.6. The molecule has 0 saturated carbocycles. The fourth-order valence-electron chi connectivity index (χ4n) is 2.28. The molecule has 1 aromatic rings. The van der Waals surface area contributed by atoms with Crippen molar-refractivity contribution < 1.29 is 17.9 Å². The van der Waals surface area contributed by atoms with Gasteiger partial charge in [0.05, 0.1) is 18.1 Å². The summed E-state index contributed by atoms with van der Waals surface area (Å²) in [7, 11) is -2.96. The van der Waals surface area contributed by atoms with E-state index in [1.807, 2.05) is 30.3 Å². The SMILES string of the molecule is O=C(NCCCCOc1ccccc1)NC1CCS(=O)(=O)C1. The van der Waals surface area contributed by atoms with Gasteiger partial charge >= 0.3 is 6.03 Å². The van der Waals surface area contributed by atoms with Gasteiger partial charge in [-0.25, -0.2) is 13.2 Å². The van der Waals surface area contributed by atoms with Crippen molar-refractivity contribution in [3.8, 4) is 5.75 Å². The van der Waals surface area contributed by atoms with E-state index in [2.05, 4.69) is 10.6 Å². The van der Waals surface area contributed by atoms with E-state index < -0.39 is 9.84 Å². The zero-order chi connectivity index (χ0) is 15.8. The third kappa shape index (κ3) is 5.93. The number of carbonyl (C=O) groups is 1. The lowest BCUT2D eigenvalue weighted by atomic mass is 10.3. The van der Waals surface area contributed by atoms with Gasteiger partial charge in [0.2, 0.25) is 0 Å². The van der Waals surface area contributed by atoms with Crippen LogP contribution in [-0.4, -0.2) is 45.1 Å². The Labute approximate surface area is 131 Å². The average Bonchev–Trinajstić information content (AvgIpc) is 2.82. The molecule has 22 heavy (non-hydrogen) atoms. The van der Waals surface area contributed by atoms with Crippen molar-refractivity contribution in [3.05, 3.63) is 30.3 Å². The second-order valence-corrected chi connectivity index (χ2v) is 7.60. The third-order valence-electron chi connectivity index (χ3n) is 3.44. The van der Waals surface area contributed by atoms with Crippen molar-refractivity contribution in [2.45, 2.75) is 25.3 Å². The van der Waals surface area contributed by atoms with E-state index in [1.54, 1.807) is 0 Å². The maximum Gasteiger partial charge on any atom is 0.315 e. The second-order valence-electron chi connectivity index (χ2n) is 5.37. The highest BCUT2D eigenvalue weighted by Gasteiger charge is 2.28. The van der Waals surface area contributed by atoms with Crippen molar-refractivity contribution in [2.24, 2.45) is 0 Å². The van der Waals surface area contributed by atoms with E-state index in [0.717, 1.165) is 18.6 Å². The highest BCUT2D eigenvalue weighted by molar-refractivity contribution is 7.91. The minimum atomic E-state index is -2.96. The van der Waals surface area contributed by atoms with Crippen LogP contribution in [0, 0.1) is 0 Å². The molecule has 122 valence electrons. The fourth-order valence-corrected chi connectivity index (χ4v) is 3.95. The Kier molecular flexibility index (Phi) is 6.06. The molecule has 0 spiro atoms. The highest BCUT2D eigenvalue weighted by Crippen LogP contribution is 2.11. The topological polar surface area (TPSA) is 84.5 Å². The largest absolute Gasteiger partial charge is 0.494 e. The van der Waals surface area contributed by atoms with Crippen LogP contribution in [0.15, 0.2) is 30.3 Å². The molecular weight excluding hydrogens is 304 g/mol. The number of amides is 2. The van der Waals surface area contributed by atoms with Gasteiger partial charge in [-0.05, 0) is 31.4 Å². The molecule has 0 aliphatic carbocycles. The van der Waals surface area contributed by atoms with Gasteiger partial charge in [-0.1, -0.05) is 18.2 Å². The number of nitrogens with one attached hydrogen (secondary N) is 2. The number of ether oxygens (including phenoxy) is 1. The van der Waals surface area contributed by atoms with Gasteiger partial charge in [0.25, 0.3) is 0 Å². The van der Waals surface area contributed by atoms with Gasteiger partial charge in [-0.3, -0.25) is 0 Å². The van der Waals surface area contributed by atoms with E-state index in [-0.39, 0.29) is 23.6 Å². The van der Waals surface area contributed by atoms with Crippen LogP contribution < -0.4 is 15.4 Å². The number of hydrogen-bond donors (Lipinski definition) is 2. The first kappa shape index (κ1) is 16.6. The van der Waals surface area contributed by atoms with Gasteiger partial charge in [0.1, 0.15) is 5.75 Å². The molecular formula is C15H22N2O4S. The minimum Gasteiger partial charge on any atom is -0.494 e. The first-order valence-corrected chi connectivity index (χ1v) is 9.30. The van der Waals surface area contributed by atoms with Gasteiger partial charge in [-0.2, -0.15) is 0 Å². The fraction of sp³-hybridized carbons (Fsp3) is 0.533. The number of unbranched alkanes of at least 4 members (excludes halogenated alkanes) is 1. The smallest absolute Gasteiger partial charge is 0.315 e. The van der Waals surface area contributed by atoms with Crippen molar-refractivity contribution >= 4 is 15.9 Å². The Morgan fingerprint density at radius 1 is 1.23 bits per heavy atom. The lowest BCUT2D eigenvalue weighted by molar-refractivity contribution is 0.237. The summed E-state index contributed by atoms with van der Waals surface area (Å²) in [6, 6.07) is 9.03. The van der Waals surface area contributed by atoms with Gasteiger partial charge in [0.15, 0.2) is 9.84 Å². The molecule has 1 unspecified atom stereocenters. The summed E-state index contributed by atoms with van der Waals surface area (Å²) in [4.78, 5) is 11.6. The van der Waals surface area contributed by atoms with Crippen LogP contribution in [0.4, 0.5) is 4.79 Å². The van der Waals surface area contributed by atoms with Gasteiger partial charge in [-0.15, -0.1) is 0 Å². The molecule has 1 aromatic carbocycles. The molecule has 1 atom stereocenters. The van der Waals surface area contributed by atoms with Crippen LogP contribution in [0.1, 0.15) is 19.3 Å². The standard InChI is InChI=1S/C15H22N2O4S/c18-15(17-13-8-11-22(19,20)12-13)16-9-4-5-10-21-14-6-2-1-3-7-14/h1-3,6-7,13H,4-5,8-12H2,(H2,16,17,18). The Bertz CT molecular complexity index is 574. The predicted octanol–water partition coefficient (Wildman–Crippen LogP) is 1.33. The van der Waals surface area contributed by atoms with Crippen LogP contribution in [0.25, 0.3) is 0 Å². The molecule has 1 aliphatic heterocycles. The number of carbonyl (C=O) groups excluding carboxylic acids is 1. The molecule has 0 aromatic heterocycles. The van der Waals surface area contributed by atoms with Crippen LogP contribution in [0.3, 0.4) is 0 Å². The molecule has 2 rings (SSSR count). The number of urea groups is 1. The summed E-state index contributed by atoms with van der Waals surface area (Å²) in [5.74, 6) is 1.05. The van der Waals surface area contributed by atoms with E-state index in [4.69, 9.17) is 4.74 Å². The van der Waals surface area contributed by atoms with Crippen LogP contribution >= 0.6 is 0 Å². The van der Waals surface area contributed by atoms with Gasteiger partial charge in [0, 0.05) is 12.6 Å². The normalized spacial score (nSPS) is 19.5. The van der Waals surface area contributed by atoms with Crippen LogP contribution in [-0.2, 0) is 9.84 Å². The first-order valence-electron chi connectivity index (χ1n) is 7.48. The molecule has 2 N–H and O–H groups in total. The van der Waals surface area contributed by atoms with E-state index in [0.29, 0.717) is 19.6 Å². The Hall–Kier alpha value is -1.76. The summed E-state index contributed by atoms with van der Waals surface area (Å²) in [6.07, 6.45) is 2.15. The maximum absolute atomic E-state index is 11.6.